The average molecular weight is 488 g/mol. The molecule has 2 rings (SSSR count). The van der Waals surface area contributed by atoms with Crippen LogP contribution in [-0.2, 0) is 12.7 Å². The van der Waals surface area contributed by atoms with E-state index in [0.717, 1.165) is 26.6 Å². The van der Waals surface area contributed by atoms with E-state index in [-0.39, 0.29) is 0 Å². The lowest BCUT2D eigenvalue weighted by Crippen LogP contribution is -2.07. The first-order valence-corrected chi connectivity index (χ1v) is 8.20. The molecule has 0 amide bonds. The molecule has 1 N–H and O–H groups in total. The standard InChI is InChI=1S/C14H9Br3F3N/c15-10-3-1-8(5-12(10)17)7-21-13-6-9(14(18,19)20)2-4-11(13)16/h1-6,21H,7H2. The van der Waals surface area contributed by atoms with E-state index in [1.807, 2.05) is 18.2 Å². The first kappa shape index (κ1) is 16.8. The van der Waals surface area contributed by atoms with Crippen molar-refractivity contribution in [2.75, 3.05) is 5.32 Å². The lowest BCUT2D eigenvalue weighted by Gasteiger charge is -2.13. The summed E-state index contributed by atoms with van der Waals surface area (Å²) >= 11 is 10.0. The van der Waals surface area contributed by atoms with Crippen molar-refractivity contribution in [3.05, 3.63) is 60.9 Å². The summed E-state index contributed by atoms with van der Waals surface area (Å²) < 4.78 is 40.5. The van der Waals surface area contributed by atoms with Crippen molar-refractivity contribution in [1.82, 2.24) is 0 Å². The molecule has 0 spiro atoms. The van der Waals surface area contributed by atoms with Crippen LogP contribution >= 0.6 is 47.8 Å². The van der Waals surface area contributed by atoms with Gasteiger partial charge in [-0.2, -0.15) is 13.2 Å². The molecule has 112 valence electrons. The molecular weight excluding hydrogens is 479 g/mol. The Morgan fingerprint density at radius 3 is 2.14 bits per heavy atom. The van der Waals surface area contributed by atoms with E-state index in [0.29, 0.717) is 16.7 Å². The third-order valence-corrected chi connectivity index (χ3v) is 5.33. The Morgan fingerprint density at radius 1 is 0.857 bits per heavy atom. The van der Waals surface area contributed by atoms with Gasteiger partial charge < -0.3 is 5.32 Å². The normalized spacial score (nSPS) is 11.5. The number of hydrogen-bond donors (Lipinski definition) is 1. The van der Waals surface area contributed by atoms with Gasteiger partial charge in [0, 0.05) is 25.7 Å². The van der Waals surface area contributed by atoms with E-state index >= 15 is 0 Å². The highest BCUT2D eigenvalue weighted by Gasteiger charge is 2.30. The maximum atomic E-state index is 12.7. The molecule has 0 unspecified atom stereocenters. The van der Waals surface area contributed by atoms with Gasteiger partial charge in [0.25, 0.3) is 0 Å². The van der Waals surface area contributed by atoms with Crippen LogP contribution in [0.2, 0.25) is 0 Å². The largest absolute Gasteiger partial charge is 0.416 e. The predicted octanol–water partition coefficient (Wildman–Crippen LogP) is 6.61. The van der Waals surface area contributed by atoms with Crippen molar-refractivity contribution in [3.63, 3.8) is 0 Å². The highest BCUT2D eigenvalue weighted by molar-refractivity contribution is 9.13. The van der Waals surface area contributed by atoms with Crippen molar-refractivity contribution in [2.24, 2.45) is 0 Å². The molecule has 0 atom stereocenters. The van der Waals surface area contributed by atoms with Crippen LogP contribution in [0.15, 0.2) is 49.8 Å². The summed E-state index contributed by atoms with van der Waals surface area (Å²) in [6.07, 6.45) is -4.35. The summed E-state index contributed by atoms with van der Waals surface area (Å²) in [6.45, 7) is 0.422. The number of anilines is 1. The fourth-order valence-corrected chi connectivity index (χ4v) is 2.74. The van der Waals surface area contributed by atoms with Gasteiger partial charge in [-0.3, -0.25) is 0 Å². The van der Waals surface area contributed by atoms with Gasteiger partial charge in [-0.25, -0.2) is 0 Å². The SMILES string of the molecule is FC(F)(F)c1ccc(Br)c(NCc2ccc(Br)c(Br)c2)c1. The first-order valence-electron chi connectivity index (χ1n) is 5.82. The zero-order valence-electron chi connectivity index (χ0n) is 10.4. The van der Waals surface area contributed by atoms with E-state index in [4.69, 9.17) is 0 Å². The number of rotatable bonds is 3. The Hall–Kier alpha value is -0.530. The van der Waals surface area contributed by atoms with Gasteiger partial charge in [0.1, 0.15) is 0 Å². The van der Waals surface area contributed by atoms with Gasteiger partial charge in [-0.1, -0.05) is 6.07 Å². The van der Waals surface area contributed by atoms with Crippen molar-refractivity contribution < 1.29 is 13.2 Å². The Labute approximate surface area is 145 Å². The van der Waals surface area contributed by atoms with E-state index in [2.05, 4.69) is 53.1 Å². The fraction of sp³-hybridized carbons (Fsp3) is 0.143. The lowest BCUT2D eigenvalue weighted by atomic mass is 10.2. The summed E-state index contributed by atoms with van der Waals surface area (Å²) in [5.74, 6) is 0. The average Bonchev–Trinajstić information content (AvgIpc) is 2.40. The highest BCUT2D eigenvalue weighted by atomic mass is 79.9. The van der Waals surface area contributed by atoms with Crippen LogP contribution in [0.5, 0.6) is 0 Å². The predicted molar refractivity (Wildman–Crippen MR) is 88.3 cm³/mol. The fourth-order valence-electron chi connectivity index (χ4n) is 1.68. The monoisotopic (exact) mass is 485 g/mol. The van der Waals surface area contributed by atoms with Crippen molar-refractivity contribution >= 4 is 53.5 Å². The maximum Gasteiger partial charge on any atom is 0.416 e. The second kappa shape index (κ2) is 6.71. The Balaban J connectivity index is 2.17. The summed E-state index contributed by atoms with van der Waals surface area (Å²) in [4.78, 5) is 0. The highest BCUT2D eigenvalue weighted by Crippen LogP contribution is 2.34. The zero-order chi connectivity index (χ0) is 15.6. The minimum atomic E-state index is -4.35. The third kappa shape index (κ3) is 4.47. The lowest BCUT2D eigenvalue weighted by molar-refractivity contribution is -0.137. The molecule has 0 aliphatic rings. The molecule has 1 nitrogen and oxygen atoms in total. The number of halogens is 6. The van der Waals surface area contributed by atoms with Gasteiger partial charge in [-0.05, 0) is 83.7 Å². The molecule has 0 radical (unpaired) electrons. The number of hydrogen-bond acceptors (Lipinski definition) is 1. The number of nitrogens with one attached hydrogen (secondary N) is 1. The molecule has 0 aromatic heterocycles. The minimum absolute atomic E-state index is 0.406. The van der Waals surface area contributed by atoms with Crippen LogP contribution in [0, 0.1) is 0 Å². The van der Waals surface area contributed by atoms with Crippen molar-refractivity contribution in [2.45, 2.75) is 12.7 Å². The van der Waals surface area contributed by atoms with Crippen molar-refractivity contribution in [3.8, 4) is 0 Å². The van der Waals surface area contributed by atoms with Crippen molar-refractivity contribution in [1.29, 1.82) is 0 Å². The van der Waals surface area contributed by atoms with Gasteiger partial charge in [0.15, 0.2) is 0 Å². The molecule has 0 aliphatic heterocycles. The first-order chi connectivity index (χ1) is 9.77. The summed E-state index contributed by atoms with van der Waals surface area (Å²) in [7, 11) is 0. The van der Waals surface area contributed by atoms with Crippen LogP contribution in [0.4, 0.5) is 18.9 Å². The van der Waals surface area contributed by atoms with E-state index in [1.54, 1.807) is 0 Å². The molecule has 0 heterocycles. The molecule has 0 saturated carbocycles. The second-order valence-electron chi connectivity index (χ2n) is 4.29. The summed E-state index contributed by atoms with van der Waals surface area (Å²) in [6, 6.07) is 9.20. The Kier molecular flexibility index (Phi) is 5.38. The van der Waals surface area contributed by atoms with Crippen LogP contribution in [0.3, 0.4) is 0 Å². The quantitative estimate of drug-likeness (QED) is 0.514. The summed E-state index contributed by atoms with van der Waals surface area (Å²) in [5.41, 5.74) is 0.684. The zero-order valence-corrected chi connectivity index (χ0v) is 15.2. The molecule has 0 aliphatic carbocycles. The van der Waals surface area contributed by atoms with Crippen LogP contribution in [0.25, 0.3) is 0 Å². The second-order valence-corrected chi connectivity index (χ2v) is 6.86. The maximum absolute atomic E-state index is 12.7. The van der Waals surface area contributed by atoms with Crippen LogP contribution in [-0.4, -0.2) is 0 Å². The molecule has 7 heteroatoms. The molecular formula is C14H9Br3F3N. The molecule has 2 aromatic rings. The van der Waals surface area contributed by atoms with Gasteiger partial charge in [0.2, 0.25) is 0 Å². The van der Waals surface area contributed by atoms with Gasteiger partial charge in [-0.15, -0.1) is 0 Å². The molecule has 0 bridgehead atoms. The van der Waals surface area contributed by atoms with Crippen LogP contribution in [0.1, 0.15) is 11.1 Å². The third-order valence-electron chi connectivity index (χ3n) is 2.76. The molecule has 2 aromatic carbocycles. The summed E-state index contributed by atoms with van der Waals surface area (Å²) in [5, 5.41) is 3.01. The Bertz CT molecular complexity index is 656. The molecule has 0 saturated heterocycles. The minimum Gasteiger partial charge on any atom is -0.380 e. The van der Waals surface area contributed by atoms with Gasteiger partial charge >= 0.3 is 6.18 Å². The van der Waals surface area contributed by atoms with E-state index in [9.17, 15) is 13.2 Å². The molecule has 21 heavy (non-hydrogen) atoms. The number of benzene rings is 2. The van der Waals surface area contributed by atoms with E-state index < -0.39 is 11.7 Å². The van der Waals surface area contributed by atoms with Gasteiger partial charge in [0.05, 0.1) is 5.56 Å². The smallest absolute Gasteiger partial charge is 0.380 e. The topological polar surface area (TPSA) is 12.0 Å². The molecule has 0 fully saturated rings. The van der Waals surface area contributed by atoms with E-state index in [1.165, 1.54) is 6.07 Å². The van der Waals surface area contributed by atoms with Crippen LogP contribution < -0.4 is 5.32 Å². The Morgan fingerprint density at radius 2 is 1.52 bits per heavy atom. The number of alkyl halides is 3.